The quantitative estimate of drug-likeness (QED) is 0.199. The van der Waals surface area contributed by atoms with E-state index in [9.17, 15) is 0 Å². The molecule has 0 bridgehead atoms. The van der Waals surface area contributed by atoms with Gasteiger partial charge in [-0.15, -0.1) is 0 Å². The van der Waals surface area contributed by atoms with Crippen LogP contribution in [0.15, 0.2) is 0 Å². The summed E-state index contributed by atoms with van der Waals surface area (Å²) in [6.07, 6.45) is 26.2. The Labute approximate surface area is 153 Å². The van der Waals surface area contributed by atoms with Crippen molar-refractivity contribution in [3.8, 4) is 0 Å². The summed E-state index contributed by atoms with van der Waals surface area (Å²) in [5.41, 5.74) is 0. The predicted molar refractivity (Wildman–Crippen MR) is 112 cm³/mol. The third-order valence-corrected chi connectivity index (χ3v) is 5.94. The van der Waals surface area contributed by atoms with Gasteiger partial charge in [-0.05, 0) is 24.3 Å². The summed E-state index contributed by atoms with van der Waals surface area (Å²) >= 11 is 2.20. The fourth-order valence-electron chi connectivity index (χ4n) is 3.13. The van der Waals surface area contributed by atoms with Gasteiger partial charge in [-0.25, -0.2) is 0 Å². The zero-order valence-electron chi connectivity index (χ0n) is 16.6. The molecule has 0 unspecified atom stereocenters. The molecule has 23 heavy (non-hydrogen) atoms. The smallest absolute Gasteiger partial charge is 0.00675 e. The molecular weight excluding hydrogens is 296 g/mol. The molecule has 0 radical (unpaired) electrons. The van der Waals surface area contributed by atoms with E-state index < -0.39 is 0 Å². The molecule has 0 fully saturated rings. The van der Waals surface area contributed by atoms with Crippen LogP contribution < -0.4 is 0 Å². The Hall–Kier alpha value is 0.350. The highest BCUT2D eigenvalue weighted by Crippen LogP contribution is 2.14. The summed E-state index contributed by atoms with van der Waals surface area (Å²) in [7, 11) is 0. The lowest BCUT2D eigenvalue weighted by molar-refractivity contribution is 0.572. The molecule has 0 nitrogen and oxygen atoms in total. The number of unbranched alkanes of at least 4 members (excludes halogenated alkanes) is 16. The van der Waals surface area contributed by atoms with E-state index in [2.05, 4.69) is 25.6 Å². The van der Waals surface area contributed by atoms with Crippen molar-refractivity contribution in [2.24, 2.45) is 0 Å². The van der Waals surface area contributed by atoms with Crippen molar-refractivity contribution in [3.05, 3.63) is 0 Å². The van der Waals surface area contributed by atoms with Gasteiger partial charge in [-0.3, -0.25) is 0 Å². The van der Waals surface area contributed by atoms with Crippen molar-refractivity contribution in [2.45, 2.75) is 129 Å². The summed E-state index contributed by atoms with van der Waals surface area (Å²) in [6, 6.07) is 0. The van der Waals surface area contributed by atoms with Gasteiger partial charge in [0.1, 0.15) is 0 Å². The van der Waals surface area contributed by atoms with Crippen molar-refractivity contribution in [1.29, 1.82) is 0 Å². The zero-order chi connectivity index (χ0) is 16.8. The first-order valence-corrected chi connectivity index (χ1v) is 12.1. The van der Waals surface area contributed by atoms with E-state index in [1.807, 2.05) is 0 Å². The Bertz CT molecular complexity index is 170. The monoisotopic (exact) mass is 342 g/mol. The summed E-state index contributed by atoms with van der Waals surface area (Å²) in [4.78, 5) is 0. The van der Waals surface area contributed by atoms with Gasteiger partial charge in [0.25, 0.3) is 0 Å². The van der Waals surface area contributed by atoms with Crippen molar-refractivity contribution in [3.63, 3.8) is 0 Å². The van der Waals surface area contributed by atoms with Crippen molar-refractivity contribution >= 4 is 11.8 Å². The molecule has 0 aromatic rings. The average molecular weight is 343 g/mol. The Balaban J connectivity index is 2.92. The Morgan fingerprint density at radius 2 is 0.609 bits per heavy atom. The maximum absolute atomic E-state index is 2.30. The third kappa shape index (κ3) is 22.4. The van der Waals surface area contributed by atoms with Crippen molar-refractivity contribution < 1.29 is 0 Å². The molecule has 0 aliphatic rings. The Morgan fingerprint density at radius 1 is 0.348 bits per heavy atom. The minimum absolute atomic E-state index is 1.37. The van der Waals surface area contributed by atoms with E-state index in [4.69, 9.17) is 0 Å². The standard InChI is InChI=1S/C22H46S/c1-3-5-7-9-11-13-15-17-19-21-23-22-20-18-16-14-12-10-8-6-4-2/h3-22H2,1-2H3. The Morgan fingerprint density at radius 3 is 0.913 bits per heavy atom. The van der Waals surface area contributed by atoms with Crippen LogP contribution in [-0.4, -0.2) is 11.5 Å². The number of hydrogen-bond donors (Lipinski definition) is 0. The number of rotatable bonds is 20. The molecular formula is C22H46S. The molecule has 0 aliphatic carbocycles. The topological polar surface area (TPSA) is 0 Å². The molecule has 0 spiro atoms. The molecule has 140 valence electrons. The fourth-order valence-corrected chi connectivity index (χ4v) is 4.15. The lowest BCUT2D eigenvalue weighted by atomic mass is 10.1. The third-order valence-electron chi connectivity index (χ3n) is 4.78. The van der Waals surface area contributed by atoms with Crippen LogP contribution in [0.25, 0.3) is 0 Å². The lowest BCUT2D eigenvalue weighted by Crippen LogP contribution is -1.87. The van der Waals surface area contributed by atoms with Crippen LogP contribution in [0.5, 0.6) is 0 Å². The molecule has 0 N–H and O–H groups in total. The maximum Gasteiger partial charge on any atom is -0.00675 e. The highest BCUT2D eigenvalue weighted by Gasteiger charge is 1.95. The second-order valence-corrected chi connectivity index (χ2v) is 8.49. The maximum atomic E-state index is 2.30. The van der Waals surface area contributed by atoms with Crippen LogP contribution in [0.4, 0.5) is 0 Å². The highest BCUT2D eigenvalue weighted by atomic mass is 32.2. The molecule has 0 aromatic carbocycles. The number of thioether (sulfide) groups is 1. The van der Waals surface area contributed by atoms with Crippen molar-refractivity contribution in [2.75, 3.05) is 11.5 Å². The van der Waals surface area contributed by atoms with E-state index in [1.165, 1.54) is 127 Å². The van der Waals surface area contributed by atoms with E-state index in [1.54, 1.807) is 0 Å². The van der Waals surface area contributed by atoms with Gasteiger partial charge in [0, 0.05) is 0 Å². The first kappa shape index (κ1) is 23.4. The van der Waals surface area contributed by atoms with Gasteiger partial charge >= 0.3 is 0 Å². The van der Waals surface area contributed by atoms with E-state index >= 15 is 0 Å². The SMILES string of the molecule is CCCCCCCCCCCSCCCCCCCCCCC. The Kier molecular flexibility index (Phi) is 22.7. The van der Waals surface area contributed by atoms with Crippen LogP contribution >= 0.6 is 11.8 Å². The first-order chi connectivity index (χ1) is 11.4. The molecule has 0 saturated heterocycles. The van der Waals surface area contributed by atoms with Gasteiger partial charge in [-0.2, -0.15) is 11.8 Å². The molecule has 0 amide bonds. The average Bonchev–Trinajstić information content (AvgIpc) is 2.57. The van der Waals surface area contributed by atoms with Crippen LogP contribution in [0.1, 0.15) is 129 Å². The summed E-state index contributed by atoms with van der Waals surface area (Å²) in [5, 5.41) is 0. The molecule has 0 atom stereocenters. The van der Waals surface area contributed by atoms with Crippen LogP contribution in [0, 0.1) is 0 Å². The molecule has 0 heterocycles. The zero-order valence-corrected chi connectivity index (χ0v) is 17.4. The van der Waals surface area contributed by atoms with Crippen molar-refractivity contribution in [1.82, 2.24) is 0 Å². The first-order valence-electron chi connectivity index (χ1n) is 11.0. The predicted octanol–water partition coefficient (Wildman–Crippen LogP) is 8.78. The van der Waals surface area contributed by atoms with E-state index in [-0.39, 0.29) is 0 Å². The molecule has 1 heteroatoms. The minimum Gasteiger partial charge on any atom is -0.162 e. The van der Waals surface area contributed by atoms with Gasteiger partial charge in [-0.1, -0.05) is 117 Å². The minimum atomic E-state index is 1.37. The van der Waals surface area contributed by atoms with Gasteiger partial charge in [0.15, 0.2) is 0 Å². The summed E-state index contributed by atoms with van der Waals surface area (Å²) in [6.45, 7) is 4.60. The lowest BCUT2D eigenvalue weighted by Gasteiger charge is -2.04. The highest BCUT2D eigenvalue weighted by molar-refractivity contribution is 7.99. The van der Waals surface area contributed by atoms with Crippen LogP contribution in [0.3, 0.4) is 0 Å². The molecule has 0 aromatic heterocycles. The molecule has 0 saturated carbocycles. The number of hydrogen-bond acceptors (Lipinski definition) is 1. The largest absolute Gasteiger partial charge is 0.162 e. The van der Waals surface area contributed by atoms with E-state index in [0.29, 0.717) is 0 Å². The second-order valence-electron chi connectivity index (χ2n) is 7.27. The summed E-state index contributed by atoms with van der Waals surface area (Å²) < 4.78 is 0. The molecule has 0 rings (SSSR count). The van der Waals surface area contributed by atoms with E-state index in [0.717, 1.165) is 0 Å². The fraction of sp³-hybridized carbons (Fsp3) is 1.00. The van der Waals surface area contributed by atoms with Crippen LogP contribution in [0.2, 0.25) is 0 Å². The van der Waals surface area contributed by atoms with Crippen LogP contribution in [-0.2, 0) is 0 Å². The second kappa shape index (κ2) is 22.4. The summed E-state index contributed by atoms with van der Waals surface area (Å²) in [5.74, 6) is 2.82. The normalized spacial score (nSPS) is 11.2. The van der Waals surface area contributed by atoms with Gasteiger partial charge in [0.05, 0.1) is 0 Å². The van der Waals surface area contributed by atoms with Gasteiger partial charge in [0.2, 0.25) is 0 Å². The molecule has 0 aliphatic heterocycles. The van der Waals surface area contributed by atoms with Gasteiger partial charge < -0.3 is 0 Å².